The summed E-state index contributed by atoms with van der Waals surface area (Å²) in [5.74, 6) is 1.49. The second kappa shape index (κ2) is 9.52. The molecule has 0 aliphatic rings. The van der Waals surface area contributed by atoms with Gasteiger partial charge in [-0.15, -0.1) is 0 Å². The van der Waals surface area contributed by atoms with Crippen molar-refractivity contribution in [1.29, 1.82) is 0 Å². The molecule has 0 saturated carbocycles. The van der Waals surface area contributed by atoms with Crippen LogP contribution in [0.3, 0.4) is 0 Å². The van der Waals surface area contributed by atoms with Crippen molar-refractivity contribution >= 4 is 39.9 Å². The monoisotopic (exact) mass is 507 g/mol. The second-order valence-electron chi connectivity index (χ2n) is 6.70. The third-order valence-corrected chi connectivity index (χ3v) is 5.50. The van der Waals surface area contributed by atoms with Crippen molar-refractivity contribution in [2.45, 2.75) is 27.0 Å². The number of methoxy groups -OCH3 is 1. The molecule has 3 aromatic rings. The molecule has 0 atom stereocenters. The molecule has 28 heavy (non-hydrogen) atoms. The van der Waals surface area contributed by atoms with Crippen molar-refractivity contribution < 1.29 is 9.47 Å². The lowest BCUT2D eigenvalue weighted by Crippen LogP contribution is -2.04. The Morgan fingerprint density at radius 3 is 2.39 bits per heavy atom. The normalized spacial score (nSPS) is 10.6. The molecule has 3 nitrogen and oxygen atoms in total. The molecule has 0 aromatic heterocycles. The van der Waals surface area contributed by atoms with Crippen molar-refractivity contribution in [3.8, 4) is 11.5 Å². The maximum Gasteiger partial charge on any atom is 0.174 e. The summed E-state index contributed by atoms with van der Waals surface area (Å²) in [5.41, 5.74) is 5.84. The van der Waals surface area contributed by atoms with E-state index in [0.29, 0.717) is 13.2 Å². The van der Waals surface area contributed by atoms with E-state index in [2.05, 4.69) is 66.0 Å². The fraction of sp³-hybridized carbons (Fsp3) is 0.217. The molecule has 0 spiro atoms. The van der Waals surface area contributed by atoms with Crippen LogP contribution in [0.15, 0.2) is 54.6 Å². The third-order valence-electron chi connectivity index (χ3n) is 4.45. The highest BCUT2D eigenvalue weighted by Crippen LogP contribution is 2.35. The molecule has 0 aliphatic heterocycles. The Kier molecular flexibility index (Phi) is 7.08. The summed E-state index contributed by atoms with van der Waals surface area (Å²) in [7, 11) is 1.67. The number of halogens is 2. The van der Waals surface area contributed by atoms with Gasteiger partial charge >= 0.3 is 0 Å². The van der Waals surface area contributed by atoms with Gasteiger partial charge in [0.1, 0.15) is 6.61 Å². The average molecular weight is 508 g/mol. The number of hydrogen-bond acceptors (Lipinski definition) is 3. The fourth-order valence-electron chi connectivity index (χ4n) is 2.96. The Bertz CT molecular complexity index is 958. The van der Waals surface area contributed by atoms with Crippen molar-refractivity contribution in [2.75, 3.05) is 12.4 Å². The first-order chi connectivity index (χ1) is 13.5. The van der Waals surface area contributed by atoms with Gasteiger partial charge in [-0.3, -0.25) is 0 Å². The Hall–Kier alpha value is -1.92. The molecule has 0 amide bonds. The maximum atomic E-state index is 6.04. The number of aryl methyl sites for hydroxylation is 2. The van der Waals surface area contributed by atoms with Gasteiger partial charge in [0, 0.05) is 17.3 Å². The van der Waals surface area contributed by atoms with Gasteiger partial charge in [-0.1, -0.05) is 41.4 Å². The van der Waals surface area contributed by atoms with Crippen LogP contribution >= 0.6 is 34.2 Å². The zero-order valence-corrected chi connectivity index (χ0v) is 19.1. The van der Waals surface area contributed by atoms with Gasteiger partial charge in [-0.2, -0.15) is 0 Å². The molecule has 0 bridgehead atoms. The molecular formula is C23H23ClINO2. The predicted octanol–water partition coefficient (Wildman–Crippen LogP) is 6.76. The number of rotatable bonds is 7. The van der Waals surface area contributed by atoms with Crippen molar-refractivity contribution in [2.24, 2.45) is 0 Å². The van der Waals surface area contributed by atoms with Crippen molar-refractivity contribution in [3.05, 3.63) is 85.4 Å². The van der Waals surface area contributed by atoms with Gasteiger partial charge < -0.3 is 14.8 Å². The first kappa shape index (κ1) is 20.8. The maximum absolute atomic E-state index is 6.04. The fourth-order valence-corrected chi connectivity index (χ4v) is 3.91. The van der Waals surface area contributed by atoms with Gasteiger partial charge in [0.2, 0.25) is 0 Å². The standard InChI is InChI=1S/C23H23ClINO2/c1-15-4-9-21(16(2)10-15)26-13-18-11-20(25)23(22(12-18)27-3)28-14-17-5-7-19(24)8-6-17/h4-12,26H,13-14H2,1-3H3. The van der Waals surface area contributed by atoms with Crippen LogP contribution in [-0.2, 0) is 13.2 Å². The summed E-state index contributed by atoms with van der Waals surface area (Å²) in [6.07, 6.45) is 0. The number of benzene rings is 3. The van der Waals surface area contributed by atoms with Crippen molar-refractivity contribution in [3.63, 3.8) is 0 Å². The van der Waals surface area contributed by atoms with Crippen LogP contribution in [0.5, 0.6) is 11.5 Å². The Morgan fingerprint density at radius 2 is 1.71 bits per heavy atom. The van der Waals surface area contributed by atoms with Gasteiger partial charge in [0.25, 0.3) is 0 Å². The molecule has 146 valence electrons. The van der Waals surface area contributed by atoms with Crippen molar-refractivity contribution in [1.82, 2.24) is 0 Å². The third kappa shape index (κ3) is 5.32. The highest BCUT2D eigenvalue weighted by molar-refractivity contribution is 14.1. The lowest BCUT2D eigenvalue weighted by Gasteiger charge is -2.16. The van der Waals surface area contributed by atoms with Gasteiger partial charge in [-0.25, -0.2) is 0 Å². The molecule has 0 fully saturated rings. The number of ether oxygens (including phenoxy) is 2. The van der Waals surface area contributed by atoms with E-state index in [-0.39, 0.29) is 0 Å². The number of anilines is 1. The molecule has 0 heterocycles. The van der Waals surface area contributed by atoms with Gasteiger partial charge in [-0.05, 0) is 83.5 Å². The molecule has 0 unspecified atom stereocenters. The Balaban J connectivity index is 1.72. The first-order valence-electron chi connectivity index (χ1n) is 9.01. The number of hydrogen-bond donors (Lipinski definition) is 1. The molecule has 1 N–H and O–H groups in total. The summed E-state index contributed by atoms with van der Waals surface area (Å²) >= 11 is 8.24. The van der Waals surface area contributed by atoms with Gasteiger partial charge in [0.05, 0.1) is 10.7 Å². The molecule has 3 aromatic carbocycles. The quantitative estimate of drug-likeness (QED) is 0.358. The smallest absolute Gasteiger partial charge is 0.174 e. The molecular weight excluding hydrogens is 485 g/mol. The largest absolute Gasteiger partial charge is 0.493 e. The summed E-state index contributed by atoms with van der Waals surface area (Å²) in [5, 5.41) is 4.22. The van der Waals surface area contributed by atoms with Crippen LogP contribution in [0, 0.1) is 17.4 Å². The molecule has 5 heteroatoms. The molecule has 3 rings (SSSR count). The molecule has 0 aliphatic carbocycles. The molecule has 0 radical (unpaired) electrons. The summed E-state index contributed by atoms with van der Waals surface area (Å²) in [4.78, 5) is 0. The van der Waals surface area contributed by atoms with Crippen LogP contribution in [0.4, 0.5) is 5.69 Å². The summed E-state index contributed by atoms with van der Waals surface area (Å²) in [6.45, 7) is 5.40. The van der Waals surface area contributed by atoms with Crippen LogP contribution in [-0.4, -0.2) is 7.11 Å². The number of nitrogens with one attached hydrogen (secondary N) is 1. The highest BCUT2D eigenvalue weighted by Gasteiger charge is 2.12. The van der Waals surface area contributed by atoms with E-state index in [9.17, 15) is 0 Å². The van der Waals surface area contributed by atoms with Crippen LogP contribution in [0.2, 0.25) is 5.02 Å². The Labute approximate surface area is 185 Å². The SMILES string of the molecule is COc1cc(CNc2ccc(C)cc2C)cc(I)c1OCc1ccc(Cl)cc1. The van der Waals surface area contributed by atoms with E-state index in [0.717, 1.165) is 36.9 Å². The summed E-state index contributed by atoms with van der Waals surface area (Å²) in [6, 6.07) is 18.2. The lowest BCUT2D eigenvalue weighted by atomic mass is 10.1. The van der Waals surface area contributed by atoms with Crippen LogP contribution in [0.1, 0.15) is 22.3 Å². The minimum atomic E-state index is 0.462. The topological polar surface area (TPSA) is 30.5 Å². The molecule has 0 saturated heterocycles. The zero-order valence-electron chi connectivity index (χ0n) is 16.2. The first-order valence-corrected chi connectivity index (χ1v) is 10.5. The second-order valence-corrected chi connectivity index (χ2v) is 8.29. The lowest BCUT2D eigenvalue weighted by molar-refractivity contribution is 0.282. The van der Waals surface area contributed by atoms with Crippen LogP contribution < -0.4 is 14.8 Å². The zero-order chi connectivity index (χ0) is 20.1. The van der Waals surface area contributed by atoms with E-state index < -0.39 is 0 Å². The average Bonchev–Trinajstić information content (AvgIpc) is 2.67. The van der Waals surface area contributed by atoms with E-state index in [1.807, 2.05) is 30.3 Å². The summed E-state index contributed by atoms with van der Waals surface area (Å²) < 4.78 is 12.6. The predicted molar refractivity (Wildman–Crippen MR) is 125 cm³/mol. The van der Waals surface area contributed by atoms with E-state index in [1.54, 1.807) is 7.11 Å². The van der Waals surface area contributed by atoms with E-state index in [4.69, 9.17) is 21.1 Å². The van der Waals surface area contributed by atoms with E-state index >= 15 is 0 Å². The highest BCUT2D eigenvalue weighted by atomic mass is 127. The minimum Gasteiger partial charge on any atom is -0.493 e. The Morgan fingerprint density at radius 1 is 0.964 bits per heavy atom. The van der Waals surface area contributed by atoms with Gasteiger partial charge in [0.15, 0.2) is 11.5 Å². The minimum absolute atomic E-state index is 0.462. The van der Waals surface area contributed by atoms with E-state index in [1.165, 1.54) is 11.1 Å². The van der Waals surface area contributed by atoms with Crippen LogP contribution in [0.25, 0.3) is 0 Å².